The van der Waals surface area contributed by atoms with E-state index in [9.17, 15) is 0 Å². The van der Waals surface area contributed by atoms with E-state index in [1.165, 1.54) is 30.5 Å². The van der Waals surface area contributed by atoms with Crippen molar-refractivity contribution < 1.29 is 0 Å². The summed E-state index contributed by atoms with van der Waals surface area (Å²) in [6, 6.07) is 9.55. The topological polar surface area (TPSA) is 12.0 Å². The number of fused-ring (bicyclic) bond motifs is 1. The van der Waals surface area contributed by atoms with E-state index < -0.39 is 0 Å². The maximum atomic E-state index is 3.65. The van der Waals surface area contributed by atoms with Gasteiger partial charge in [-0.1, -0.05) is 29.8 Å². The van der Waals surface area contributed by atoms with Crippen molar-refractivity contribution in [2.45, 2.75) is 25.8 Å². The molecular formula is C13H17N. The standard InChI is InChI=1S/C13H17N/c1-9-3-2-4-10(5-9)13-7-11-6-12(11)8-14-13/h2-5,11-14H,6-8H2,1H3. The first-order valence-corrected chi connectivity index (χ1v) is 5.63. The molecule has 3 rings (SSSR count). The van der Waals surface area contributed by atoms with E-state index >= 15 is 0 Å². The minimum absolute atomic E-state index is 0.624. The van der Waals surface area contributed by atoms with Crippen molar-refractivity contribution >= 4 is 0 Å². The van der Waals surface area contributed by atoms with Crippen LogP contribution in [0.15, 0.2) is 24.3 Å². The highest BCUT2D eigenvalue weighted by Crippen LogP contribution is 2.47. The fourth-order valence-electron chi connectivity index (χ4n) is 2.67. The lowest BCUT2D eigenvalue weighted by molar-refractivity contribution is 0.395. The SMILES string of the molecule is Cc1cccc(C2CC3CC3CN2)c1. The molecule has 1 aliphatic carbocycles. The van der Waals surface area contributed by atoms with Gasteiger partial charge in [0.1, 0.15) is 0 Å². The Bertz CT molecular complexity index is 345. The highest BCUT2D eigenvalue weighted by atomic mass is 15.0. The zero-order chi connectivity index (χ0) is 9.54. The highest BCUT2D eigenvalue weighted by molar-refractivity contribution is 5.26. The lowest BCUT2D eigenvalue weighted by Gasteiger charge is -2.23. The van der Waals surface area contributed by atoms with E-state index in [1.54, 1.807) is 0 Å². The van der Waals surface area contributed by atoms with Gasteiger partial charge in [0.05, 0.1) is 0 Å². The van der Waals surface area contributed by atoms with Crippen LogP contribution in [0.1, 0.15) is 30.0 Å². The van der Waals surface area contributed by atoms with Crippen molar-refractivity contribution in [1.29, 1.82) is 0 Å². The Labute approximate surface area is 85.5 Å². The normalized spacial score (nSPS) is 35.1. The predicted octanol–water partition coefficient (Wildman–Crippen LogP) is 2.67. The third-order valence-electron chi connectivity index (χ3n) is 3.68. The summed E-state index contributed by atoms with van der Waals surface area (Å²) in [6.45, 7) is 3.41. The third-order valence-corrected chi connectivity index (χ3v) is 3.68. The molecule has 2 fully saturated rings. The van der Waals surface area contributed by atoms with Crippen molar-refractivity contribution in [1.82, 2.24) is 5.32 Å². The van der Waals surface area contributed by atoms with Crippen LogP contribution >= 0.6 is 0 Å². The summed E-state index contributed by atoms with van der Waals surface area (Å²) in [7, 11) is 0. The number of aryl methyl sites for hydroxylation is 1. The zero-order valence-corrected chi connectivity index (χ0v) is 8.66. The Morgan fingerprint density at radius 2 is 2.14 bits per heavy atom. The van der Waals surface area contributed by atoms with Gasteiger partial charge in [0.2, 0.25) is 0 Å². The number of hydrogen-bond acceptors (Lipinski definition) is 1. The molecule has 0 aromatic heterocycles. The van der Waals surface area contributed by atoms with Crippen LogP contribution in [0.5, 0.6) is 0 Å². The summed E-state index contributed by atoms with van der Waals surface area (Å²) in [5.41, 5.74) is 2.86. The molecule has 1 heteroatoms. The van der Waals surface area contributed by atoms with E-state index in [0.717, 1.165) is 11.8 Å². The minimum Gasteiger partial charge on any atom is -0.310 e. The van der Waals surface area contributed by atoms with Crippen LogP contribution in [-0.2, 0) is 0 Å². The van der Waals surface area contributed by atoms with Gasteiger partial charge < -0.3 is 5.32 Å². The second kappa shape index (κ2) is 3.09. The molecule has 2 aliphatic rings. The first-order chi connectivity index (χ1) is 6.83. The molecule has 0 spiro atoms. The Balaban J connectivity index is 1.80. The van der Waals surface area contributed by atoms with Gasteiger partial charge in [-0.2, -0.15) is 0 Å². The molecule has 1 saturated carbocycles. The summed E-state index contributed by atoms with van der Waals surface area (Å²) < 4.78 is 0. The molecule has 0 bridgehead atoms. The minimum atomic E-state index is 0.624. The molecule has 0 radical (unpaired) electrons. The zero-order valence-electron chi connectivity index (χ0n) is 8.66. The van der Waals surface area contributed by atoms with Gasteiger partial charge in [0.25, 0.3) is 0 Å². The Hall–Kier alpha value is -0.820. The molecule has 74 valence electrons. The van der Waals surface area contributed by atoms with E-state index in [4.69, 9.17) is 0 Å². The average Bonchev–Trinajstić information content (AvgIpc) is 2.95. The molecular weight excluding hydrogens is 170 g/mol. The highest BCUT2D eigenvalue weighted by Gasteiger charge is 2.42. The smallest absolute Gasteiger partial charge is 0.0323 e. The molecule has 1 heterocycles. The van der Waals surface area contributed by atoms with E-state index in [1.807, 2.05) is 0 Å². The van der Waals surface area contributed by atoms with Crippen LogP contribution in [0.4, 0.5) is 0 Å². The lowest BCUT2D eigenvalue weighted by atomic mass is 9.96. The molecule has 1 aliphatic heterocycles. The molecule has 14 heavy (non-hydrogen) atoms. The summed E-state index contributed by atoms with van der Waals surface area (Å²) >= 11 is 0. The summed E-state index contributed by atoms with van der Waals surface area (Å²) in [6.07, 6.45) is 2.82. The van der Waals surface area contributed by atoms with Crippen LogP contribution < -0.4 is 5.32 Å². The molecule has 1 N–H and O–H groups in total. The van der Waals surface area contributed by atoms with Crippen LogP contribution in [0.25, 0.3) is 0 Å². The van der Waals surface area contributed by atoms with Gasteiger partial charge in [-0.25, -0.2) is 0 Å². The van der Waals surface area contributed by atoms with Crippen molar-refractivity contribution in [3.8, 4) is 0 Å². The lowest BCUT2D eigenvalue weighted by Crippen LogP contribution is -2.28. The second-order valence-electron chi connectivity index (χ2n) is 4.87. The van der Waals surface area contributed by atoms with Gasteiger partial charge in [0.15, 0.2) is 0 Å². The van der Waals surface area contributed by atoms with Crippen LogP contribution in [0.2, 0.25) is 0 Å². The molecule has 0 amide bonds. The number of rotatable bonds is 1. The van der Waals surface area contributed by atoms with E-state index in [2.05, 4.69) is 36.5 Å². The Kier molecular flexibility index (Phi) is 1.88. The fraction of sp³-hybridized carbons (Fsp3) is 0.538. The fourth-order valence-corrected chi connectivity index (χ4v) is 2.67. The number of piperidine rings is 1. The van der Waals surface area contributed by atoms with Crippen molar-refractivity contribution in [2.24, 2.45) is 11.8 Å². The monoisotopic (exact) mass is 187 g/mol. The molecule has 1 nitrogen and oxygen atoms in total. The van der Waals surface area contributed by atoms with Gasteiger partial charge in [0, 0.05) is 6.04 Å². The predicted molar refractivity (Wildman–Crippen MR) is 58.1 cm³/mol. The molecule has 1 aromatic carbocycles. The van der Waals surface area contributed by atoms with Crippen LogP contribution in [-0.4, -0.2) is 6.54 Å². The number of nitrogens with one attached hydrogen (secondary N) is 1. The second-order valence-corrected chi connectivity index (χ2v) is 4.87. The van der Waals surface area contributed by atoms with Crippen molar-refractivity contribution in [3.63, 3.8) is 0 Å². The Morgan fingerprint density at radius 3 is 2.93 bits per heavy atom. The summed E-state index contributed by atoms with van der Waals surface area (Å²) in [5.74, 6) is 2.04. The summed E-state index contributed by atoms with van der Waals surface area (Å²) in [5, 5.41) is 3.65. The maximum absolute atomic E-state index is 3.65. The van der Waals surface area contributed by atoms with Gasteiger partial charge >= 0.3 is 0 Å². The molecule has 1 aromatic rings. The van der Waals surface area contributed by atoms with Crippen molar-refractivity contribution in [2.75, 3.05) is 6.54 Å². The molecule has 1 saturated heterocycles. The van der Waals surface area contributed by atoms with Crippen LogP contribution in [0, 0.1) is 18.8 Å². The number of benzene rings is 1. The molecule has 3 atom stereocenters. The van der Waals surface area contributed by atoms with Crippen molar-refractivity contribution in [3.05, 3.63) is 35.4 Å². The summed E-state index contributed by atoms with van der Waals surface area (Å²) in [4.78, 5) is 0. The van der Waals surface area contributed by atoms with Gasteiger partial charge in [-0.15, -0.1) is 0 Å². The maximum Gasteiger partial charge on any atom is 0.0323 e. The number of hydrogen-bond donors (Lipinski definition) is 1. The first kappa shape index (κ1) is 8.49. The average molecular weight is 187 g/mol. The van der Waals surface area contributed by atoms with Gasteiger partial charge in [-0.3, -0.25) is 0 Å². The van der Waals surface area contributed by atoms with E-state index in [-0.39, 0.29) is 0 Å². The van der Waals surface area contributed by atoms with E-state index in [0.29, 0.717) is 6.04 Å². The van der Waals surface area contributed by atoms with Crippen LogP contribution in [0.3, 0.4) is 0 Å². The van der Waals surface area contributed by atoms with Gasteiger partial charge in [-0.05, 0) is 43.7 Å². The molecule has 3 unspecified atom stereocenters. The quantitative estimate of drug-likeness (QED) is 0.712. The third kappa shape index (κ3) is 1.46. The Morgan fingerprint density at radius 1 is 1.21 bits per heavy atom. The first-order valence-electron chi connectivity index (χ1n) is 5.63. The largest absolute Gasteiger partial charge is 0.310 e.